The Kier molecular flexibility index (Phi) is 4.00. The van der Waals surface area contributed by atoms with Crippen LogP contribution in [-0.2, 0) is 11.2 Å². The maximum absolute atomic E-state index is 9.65. The molecule has 0 aromatic heterocycles. The molecule has 0 aliphatic carbocycles. The van der Waals surface area contributed by atoms with Crippen LogP contribution < -0.4 is 17.2 Å². The van der Waals surface area contributed by atoms with Gasteiger partial charge in [-0.3, -0.25) is 0 Å². The molecule has 0 atom stereocenters. The molecule has 2 aromatic carbocycles. The zero-order valence-electron chi connectivity index (χ0n) is 11.4. The van der Waals surface area contributed by atoms with E-state index in [-0.39, 0.29) is 5.75 Å². The minimum atomic E-state index is 0.0975. The van der Waals surface area contributed by atoms with Gasteiger partial charge in [0.1, 0.15) is 5.75 Å². The van der Waals surface area contributed by atoms with Crippen molar-refractivity contribution in [1.82, 2.24) is 0 Å². The Bertz CT molecular complexity index is 607. The molecular formula is C15H19N3O2. The SMILES string of the molecule is COCCc1cc(N)c(N)c(-c2cc(N)cc(O)c2)c1. The molecule has 0 fully saturated rings. The monoisotopic (exact) mass is 273 g/mol. The number of anilines is 3. The number of aromatic hydroxyl groups is 1. The predicted molar refractivity (Wildman–Crippen MR) is 82.4 cm³/mol. The average molecular weight is 273 g/mol. The number of nitrogens with two attached hydrogens (primary N) is 3. The summed E-state index contributed by atoms with van der Waals surface area (Å²) >= 11 is 0. The fourth-order valence-electron chi connectivity index (χ4n) is 2.13. The van der Waals surface area contributed by atoms with Crippen LogP contribution in [0.1, 0.15) is 5.56 Å². The Hall–Kier alpha value is -2.40. The van der Waals surface area contributed by atoms with Crippen molar-refractivity contribution in [3.8, 4) is 16.9 Å². The fourth-order valence-corrected chi connectivity index (χ4v) is 2.13. The summed E-state index contributed by atoms with van der Waals surface area (Å²) in [5.41, 5.74) is 21.7. The van der Waals surface area contributed by atoms with Crippen LogP contribution >= 0.6 is 0 Å². The quantitative estimate of drug-likeness (QED) is 0.637. The Morgan fingerprint density at radius 1 is 1.05 bits per heavy atom. The summed E-state index contributed by atoms with van der Waals surface area (Å²) in [7, 11) is 1.65. The van der Waals surface area contributed by atoms with Crippen molar-refractivity contribution >= 4 is 17.1 Å². The van der Waals surface area contributed by atoms with E-state index in [9.17, 15) is 5.11 Å². The third-order valence-electron chi connectivity index (χ3n) is 3.12. The first-order chi connectivity index (χ1) is 9.51. The van der Waals surface area contributed by atoms with Gasteiger partial charge in [-0.2, -0.15) is 0 Å². The zero-order chi connectivity index (χ0) is 14.7. The van der Waals surface area contributed by atoms with Crippen molar-refractivity contribution in [2.75, 3.05) is 30.9 Å². The van der Waals surface area contributed by atoms with Crippen molar-refractivity contribution < 1.29 is 9.84 Å². The lowest BCUT2D eigenvalue weighted by atomic mass is 9.98. The first kappa shape index (κ1) is 14.0. The molecule has 106 valence electrons. The second kappa shape index (κ2) is 5.71. The highest BCUT2D eigenvalue weighted by molar-refractivity contribution is 5.86. The third kappa shape index (κ3) is 2.95. The number of benzene rings is 2. The standard InChI is InChI=1S/C15H19N3O2/c1-20-3-2-9-4-13(15(18)14(17)5-9)10-6-11(16)8-12(19)7-10/h4-8,19H,2-3,16-18H2,1H3. The van der Waals surface area contributed by atoms with Crippen LogP contribution in [0.3, 0.4) is 0 Å². The lowest BCUT2D eigenvalue weighted by Gasteiger charge is -2.13. The average Bonchev–Trinajstić information content (AvgIpc) is 2.38. The summed E-state index contributed by atoms with van der Waals surface area (Å²) in [6.45, 7) is 0.602. The molecule has 0 aliphatic heterocycles. The van der Waals surface area contributed by atoms with Gasteiger partial charge in [-0.15, -0.1) is 0 Å². The van der Waals surface area contributed by atoms with E-state index in [0.29, 0.717) is 23.7 Å². The molecule has 5 heteroatoms. The number of phenolic OH excluding ortho intramolecular Hbond substituents is 1. The third-order valence-corrected chi connectivity index (χ3v) is 3.12. The van der Waals surface area contributed by atoms with Crippen molar-refractivity contribution in [2.24, 2.45) is 0 Å². The number of ether oxygens (including phenoxy) is 1. The molecule has 0 radical (unpaired) electrons. The fraction of sp³-hybridized carbons (Fsp3) is 0.200. The minimum Gasteiger partial charge on any atom is -0.508 e. The van der Waals surface area contributed by atoms with E-state index < -0.39 is 0 Å². The van der Waals surface area contributed by atoms with Gasteiger partial charge < -0.3 is 27.0 Å². The summed E-state index contributed by atoms with van der Waals surface area (Å²) in [4.78, 5) is 0. The first-order valence-electron chi connectivity index (χ1n) is 6.28. The van der Waals surface area contributed by atoms with Gasteiger partial charge in [0, 0.05) is 24.4 Å². The second-order valence-corrected chi connectivity index (χ2v) is 4.70. The Balaban J connectivity index is 2.51. The van der Waals surface area contributed by atoms with E-state index in [1.165, 1.54) is 6.07 Å². The van der Waals surface area contributed by atoms with E-state index in [1.807, 2.05) is 12.1 Å². The van der Waals surface area contributed by atoms with Crippen molar-refractivity contribution in [3.05, 3.63) is 35.9 Å². The molecule has 0 amide bonds. The highest BCUT2D eigenvalue weighted by atomic mass is 16.5. The molecule has 0 heterocycles. The molecule has 5 nitrogen and oxygen atoms in total. The summed E-state index contributed by atoms with van der Waals surface area (Å²) in [6.07, 6.45) is 0.738. The van der Waals surface area contributed by atoms with E-state index in [0.717, 1.165) is 23.1 Å². The molecule has 0 unspecified atom stereocenters. The largest absolute Gasteiger partial charge is 0.508 e. The minimum absolute atomic E-state index is 0.0975. The highest BCUT2D eigenvalue weighted by Gasteiger charge is 2.10. The normalized spacial score (nSPS) is 10.7. The highest BCUT2D eigenvalue weighted by Crippen LogP contribution is 2.34. The van der Waals surface area contributed by atoms with Crippen molar-refractivity contribution in [3.63, 3.8) is 0 Å². The van der Waals surface area contributed by atoms with Gasteiger partial charge in [-0.05, 0) is 41.8 Å². The molecule has 0 bridgehead atoms. The van der Waals surface area contributed by atoms with Crippen LogP contribution in [0, 0.1) is 0 Å². The number of nitrogen functional groups attached to an aromatic ring is 3. The molecule has 7 N–H and O–H groups in total. The van der Waals surface area contributed by atoms with Crippen LogP contribution in [-0.4, -0.2) is 18.8 Å². The topological polar surface area (TPSA) is 108 Å². The van der Waals surface area contributed by atoms with Crippen molar-refractivity contribution in [2.45, 2.75) is 6.42 Å². The lowest BCUT2D eigenvalue weighted by Crippen LogP contribution is -2.02. The van der Waals surface area contributed by atoms with Gasteiger partial charge in [0.05, 0.1) is 18.0 Å². The van der Waals surface area contributed by atoms with E-state index in [2.05, 4.69) is 0 Å². The number of rotatable bonds is 4. The molecule has 20 heavy (non-hydrogen) atoms. The first-order valence-corrected chi connectivity index (χ1v) is 6.28. The molecule has 0 saturated heterocycles. The smallest absolute Gasteiger partial charge is 0.118 e. The summed E-state index contributed by atoms with van der Waals surface area (Å²) < 4.78 is 5.07. The predicted octanol–water partition coefficient (Wildman–Crippen LogP) is 1.99. The van der Waals surface area contributed by atoms with Gasteiger partial charge in [0.15, 0.2) is 0 Å². The van der Waals surface area contributed by atoms with Crippen LogP contribution in [0.25, 0.3) is 11.1 Å². The van der Waals surface area contributed by atoms with E-state index in [4.69, 9.17) is 21.9 Å². The van der Waals surface area contributed by atoms with Gasteiger partial charge >= 0.3 is 0 Å². The lowest BCUT2D eigenvalue weighted by molar-refractivity contribution is 0.202. The number of hydrogen-bond donors (Lipinski definition) is 4. The summed E-state index contributed by atoms with van der Waals surface area (Å²) in [5, 5.41) is 9.65. The Labute approximate surface area is 118 Å². The van der Waals surface area contributed by atoms with Gasteiger partial charge in [-0.25, -0.2) is 0 Å². The maximum atomic E-state index is 9.65. The maximum Gasteiger partial charge on any atom is 0.118 e. The molecule has 0 aliphatic rings. The van der Waals surface area contributed by atoms with E-state index in [1.54, 1.807) is 19.2 Å². The van der Waals surface area contributed by atoms with Crippen LogP contribution in [0.5, 0.6) is 5.75 Å². The number of methoxy groups -OCH3 is 1. The molecule has 2 aromatic rings. The summed E-state index contributed by atoms with van der Waals surface area (Å²) in [6, 6.07) is 8.63. The van der Waals surface area contributed by atoms with E-state index >= 15 is 0 Å². The van der Waals surface area contributed by atoms with Crippen LogP contribution in [0.2, 0.25) is 0 Å². The van der Waals surface area contributed by atoms with Gasteiger partial charge in [0.2, 0.25) is 0 Å². The Morgan fingerprint density at radius 2 is 1.80 bits per heavy atom. The Morgan fingerprint density at radius 3 is 2.45 bits per heavy atom. The molecule has 0 saturated carbocycles. The summed E-state index contributed by atoms with van der Waals surface area (Å²) in [5.74, 6) is 0.0975. The molecular weight excluding hydrogens is 254 g/mol. The van der Waals surface area contributed by atoms with Gasteiger partial charge in [0.25, 0.3) is 0 Å². The van der Waals surface area contributed by atoms with Gasteiger partial charge in [-0.1, -0.05) is 0 Å². The van der Waals surface area contributed by atoms with Crippen LogP contribution in [0.15, 0.2) is 30.3 Å². The number of phenols is 1. The number of hydrogen-bond acceptors (Lipinski definition) is 5. The van der Waals surface area contributed by atoms with Crippen LogP contribution in [0.4, 0.5) is 17.1 Å². The molecule has 0 spiro atoms. The zero-order valence-corrected chi connectivity index (χ0v) is 11.4. The van der Waals surface area contributed by atoms with Crippen molar-refractivity contribution in [1.29, 1.82) is 0 Å². The second-order valence-electron chi connectivity index (χ2n) is 4.70. The molecule has 2 rings (SSSR count).